The van der Waals surface area contributed by atoms with E-state index in [0.29, 0.717) is 12.0 Å². The summed E-state index contributed by atoms with van der Waals surface area (Å²) in [6, 6.07) is 9.09. The van der Waals surface area contributed by atoms with Crippen molar-refractivity contribution in [3.8, 4) is 0 Å². The molecule has 0 fully saturated rings. The van der Waals surface area contributed by atoms with Crippen molar-refractivity contribution >= 4 is 17.6 Å². The molecule has 96 valence electrons. The molecule has 5 nitrogen and oxygen atoms in total. The topological polar surface area (TPSA) is 70.8 Å². The smallest absolute Gasteiger partial charge is 0.372 e. The van der Waals surface area contributed by atoms with Gasteiger partial charge in [0.05, 0.1) is 19.2 Å². The molecule has 0 radical (unpaired) electrons. The maximum Gasteiger partial charge on any atom is 0.372 e. The molecule has 1 aromatic carbocycles. The molecule has 1 amide bonds. The lowest BCUT2D eigenvalue weighted by Gasteiger charge is -2.16. The van der Waals surface area contributed by atoms with Crippen molar-refractivity contribution in [1.29, 1.82) is 0 Å². The van der Waals surface area contributed by atoms with E-state index < -0.39 is 5.97 Å². The third-order valence-corrected chi connectivity index (χ3v) is 3.19. The summed E-state index contributed by atoms with van der Waals surface area (Å²) < 4.78 is 4.92. The Labute approximate surface area is 109 Å². The van der Waals surface area contributed by atoms with Crippen molar-refractivity contribution in [3.05, 3.63) is 53.5 Å². The molecular weight excluding hydrogens is 246 g/mol. The third kappa shape index (κ3) is 1.89. The lowest BCUT2D eigenvalue weighted by Crippen LogP contribution is -2.26. The van der Waals surface area contributed by atoms with Crippen LogP contribution in [0, 0.1) is 0 Å². The maximum absolute atomic E-state index is 12.0. The summed E-state index contributed by atoms with van der Waals surface area (Å²) in [7, 11) is 0. The minimum atomic E-state index is -1.13. The summed E-state index contributed by atoms with van der Waals surface area (Å²) in [5.74, 6) is -1.27. The molecular formula is C14H11NO4. The minimum absolute atomic E-state index is 0.0289. The van der Waals surface area contributed by atoms with Gasteiger partial charge in [0.25, 0.3) is 0 Å². The predicted octanol–water partition coefficient (Wildman–Crippen LogP) is 2.07. The Balaban J connectivity index is 1.94. The molecule has 0 bridgehead atoms. The van der Waals surface area contributed by atoms with Gasteiger partial charge in [0.15, 0.2) is 0 Å². The van der Waals surface area contributed by atoms with Crippen molar-refractivity contribution in [2.24, 2.45) is 0 Å². The molecule has 1 aromatic heterocycles. The molecule has 1 N–H and O–H groups in total. The number of aromatic carboxylic acids is 1. The monoisotopic (exact) mass is 257 g/mol. The number of amides is 1. The molecule has 0 aliphatic carbocycles. The maximum atomic E-state index is 12.0. The number of anilines is 1. The first-order chi connectivity index (χ1) is 9.16. The number of benzene rings is 1. The van der Waals surface area contributed by atoms with Gasteiger partial charge in [-0.1, -0.05) is 18.2 Å². The number of nitrogens with zero attached hydrogens (tertiary/aromatic N) is 1. The molecule has 1 aliphatic rings. The summed E-state index contributed by atoms with van der Waals surface area (Å²) in [4.78, 5) is 24.6. The predicted molar refractivity (Wildman–Crippen MR) is 67.0 cm³/mol. The fourth-order valence-electron chi connectivity index (χ4n) is 2.31. The average Bonchev–Trinajstić information content (AvgIpc) is 2.96. The second-order valence-electron chi connectivity index (χ2n) is 4.37. The van der Waals surface area contributed by atoms with Gasteiger partial charge in [0.1, 0.15) is 0 Å². The van der Waals surface area contributed by atoms with Crippen molar-refractivity contribution in [3.63, 3.8) is 0 Å². The van der Waals surface area contributed by atoms with Crippen LogP contribution in [-0.4, -0.2) is 17.0 Å². The molecule has 1 aliphatic heterocycles. The number of rotatable bonds is 3. The first-order valence-corrected chi connectivity index (χ1v) is 5.85. The Hall–Kier alpha value is -2.56. The van der Waals surface area contributed by atoms with Crippen LogP contribution in [0.25, 0.3) is 0 Å². The Morgan fingerprint density at radius 1 is 1.32 bits per heavy atom. The van der Waals surface area contributed by atoms with Crippen molar-refractivity contribution in [2.75, 3.05) is 4.90 Å². The zero-order valence-corrected chi connectivity index (χ0v) is 10.00. The highest BCUT2D eigenvalue weighted by Gasteiger charge is 2.28. The summed E-state index contributed by atoms with van der Waals surface area (Å²) in [6.45, 7) is 0.216. The largest absolute Gasteiger partial charge is 0.475 e. The van der Waals surface area contributed by atoms with Crippen LogP contribution in [0.2, 0.25) is 0 Å². The molecule has 3 rings (SSSR count). The van der Waals surface area contributed by atoms with E-state index in [9.17, 15) is 9.59 Å². The third-order valence-electron chi connectivity index (χ3n) is 3.19. The summed E-state index contributed by atoms with van der Waals surface area (Å²) in [6.07, 6.45) is 1.68. The van der Waals surface area contributed by atoms with Gasteiger partial charge in [-0.25, -0.2) is 4.79 Å². The molecule has 2 aromatic rings. The Kier molecular flexibility index (Phi) is 2.59. The first kappa shape index (κ1) is 11.5. The minimum Gasteiger partial charge on any atom is -0.475 e. The molecule has 5 heteroatoms. The van der Waals surface area contributed by atoms with E-state index >= 15 is 0 Å². The summed E-state index contributed by atoms with van der Waals surface area (Å²) in [5, 5.41) is 8.99. The fourth-order valence-corrected chi connectivity index (χ4v) is 2.31. The Bertz CT molecular complexity index is 659. The number of carbonyl (C=O) groups is 2. The SMILES string of the molecule is O=C(O)c1occc1CN1C(=O)Cc2ccccc21. The number of hydrogen-bond donors (Lipinski definition) is 1. The number of hydrogen-bond acceptors (Lipinski definition) is 3. The second kappa shape index (κ2) is 4.28. The van der Waals surface area contributed by atoms with Crippen LogP contribution in [-0.2, 0) is 17.8 Å². The number of carbonyl (C=O) groups excluding carboxylic acids is 1. The van der Waals surface area contributed by atoms with Crippen LogP contribution < -0.4 is 4.90 Å². The Morgan fingerprint density at radius 2 is 2.11 bits per heavy atom. The molecule has 19 heavy (non-hydrogen) atoms. The van der Waals surface area contributed by atoms with Crippen LogP contribution in [0.5, 0.6) is 0 Å². The second-order valence-corrected chi connectivity index (χ2v) is 4.37. The van der Waals surface area contributed by atoms with E-state index in [1.165, 1.54) is 6.26 Å². The lowest BCUT2D eigenvalue weighted by molar-refractivity contribution is -0.117. The first-order valence-electron chi connectivity index (χ1n) is 5.85. The van der Waals surface area contributed by atoms with E-state index in [1.807, 2.05) is 24.3 Å². The molecule has 2 heterocycles. The molecule has 0 saturated heterocycles. The van der Waals surface area contributed by atoms with E-state index in [-0.39, 0.29) is 18.2 Å². The summed E-state index contributed by atoms with van der Waals surface area (Å²) >= 11 is 0. The molecule has 0 spiro atoms. The van der Waals surface area contributed by atoms with Gasteiger partial charge in [0, 0.05) is 11.3 Å². The van der Waals surface area contributed by atoms with Gasteiger partial charge >= 0.3 is 5.97 Å². The van der Waals surface area contributed by atoms with Crippen LogP contribution in [0.4, 0.5) is 5.69 Å². The number of para-hydroxylation sites is 1. The van der Waals surface area contributed by atoms with E-state index in [1.54, 1.807) is 11.0 Å². The van der Waals surface area contributed by atoms with Gasteiger partial charge in [-0.05, 0) is 17.7 Å². The van der Waals surface area contributed by atoms with E-state index in [0.717, 1.165) is 11.3 Å². The van der Waals surface area contributed by atoms with Gasteiger partial charge < -0.3 is 14.4 Å². The van der Waals surface area contributed by atoms with Crippen LogP contribution in [0.1, 0.15) is 21.7 Å². The van der Waals surface area contributed by atoms with Crippen LogP contribution in [0.15, 0.2) is 41.0 Å². The standard InChI is InChI=1S/C14H11NO4/c16-12-7-9-3-1-2-4-11(9)15(12)8-10-5-6-19-13(10)14(17)18/h1-6H,7-8H2,(H,17,18). The Morgan fingerprint density at radius 3 is 2.89 bits per heavy atom. The number of carboxylic acid groups (broad SMARTS) is 1. The molecule has 0 unspecified atom stereocenters. The quantitative estimate of drug-likeness (QED) is 0.913. The molecule has 0 atom stereocenters. The molecule has 0 saturated carbocycles. The van der Waals surface area contributed by atoms with Crippen molar-refractivity contribution < 1.29 is 19.1 Å². The van der Waals surface area contributed by atoms with Gasteiger partial charge in [-0.15, -0.1) is 0 Å². The van der Waals surface area contributed by atoms with Crippen molar-refractivity contribution in [1.82, 2.24) is 0 Å². The summed E-state index contributed by atoms with van der Waals surface area (Å²) in [5.41, 5.74) is 2.30. The highest BCUT2D eigenvalue weighted by molar-refractivity contribution is 6.01. The zero-order valence-electron chi connectivity index (χ0n) is 10.00. The van der Waals surface area contributed by atoms with Gasteiger partial charge in [-0.2, -0.15) is 0 Å². The van der Waals surface area contributed by atoms with Crippen molar-refractivity contribution in [2.45, 2.75) is 13.0 Å². The number of furan rings is 1. The number of carboxylic acids is 1. The van der Waals surface area contributed by atoms with Gasteiger partial charge in [0.2, 0.25) is 11.7 Å². The normalized spacial score (nSPS) is 13.7. The van der Waals surface area contributed by atoms with Crippen LogP contribution in [0.3, 0.4) is 0 Å². The van der Waals surface area contributed by atoms with Crippen LogP contribution >= 0.6 is 0 Å². The highest BCUT2D eigenvalue weighted by atomic mass is 16.4. The fraction of sp³-hybridized carbons (Fsp3) is 0.143. The average molecular weight is 257 g/mol. The number of fused-ring (bicyclic) bond motifs is 1. The van der Waals surface area contributed by atoms with E-state index in [4.69, 9.17) is 9.52 Å². The van der Waals surface area contributed by atoms with E-state index in [2.05, 4.69) is 0 Å². The highest BCUT2D eigenvalue weighted by Crippen LogP contribution is 2.30. The lowest BCUT2D eigenvalue weighted by atomic mass is 10.2. The zero-order chi connectivity index (χ0) is 13.4. The van der Waals surface area contributed by atoms with Gasteiger partial charge in [-0.3, -0.25) is 4.79 Å².